The number of para-hydroxylation sites is 1. The monoisotopic (exact) mass is 296 g/mol. The van der Waals surface area contributed by atoms with Gasteiger partial charge in [-0.25, -0.2) is 4.79 Å². The zero-order valence-electron chi connectivity index (χ0n) is 12.9. The van der Waals surface area contributed by atoms with Crippen LogP contribution in [0.1, 0.15) is 16.8 Å². The first-order chi connectivity index (χ1) is 10.2. The quantitative estimate of drug-likeness (QED) is 0.423. The van der Waals surface area contributed by atoms with Crippen molar-refractivity contribution in [2.24, 2.45) is 0 Å². The number of carbonyl (C=O) groups is 1. The van der Waals surface area contributed by atoms with Crippen molar-refractivity contribution in [1.82, 2.24) is 0 Å². The van der Waals surface area contributed by atoms with Crippen molar-refractivity contribution in [2.75, 3.05) is 58.3 Å². The van der Waals surface area contributed by atoms with Crippen LogP contribution in [-0.2, 0) is 14.2 Å². The van der Waals surface area contributed by atoms with Gasteiger partial charge in [0.05, 0.1) is 30.7 Å². The number of esters is 1. The molecule has 6 nitrogen and oxygen atoms in total. The largest absolute Gasteiger partial charge is 0.465 e. The van der Waals surface area contributed by atoms with Gasteiger partial charge in [0.25, 0.3) is 0 Å². The fraction of sp³-hybridized carbons (Fsp3) is 0.533. The number of nitrogens with two attached hydrogens (primary N) is 1. The smallest absolute Gasteiger partial charge is 0.340 e. The molecule has 0 atom stereocenters. The van der Waals surface area contributed by atoms with E-state index in [1.165, 1.54) is 7.11 Å². The molecule has 0 fully saturated rings. The molecule has 0 saturated heterocycles. The lowest BCUT2D eigenvalue weighted by atomic mass is 10.1. The molecule has 0 spiro atoms. The standard InChI is InChI=1S/C15H24N2O4/c1-19-10-5-8-17(9-11-20-2)13-7-4-6-12(14(13)16)15(18)21-3/h4,6-7H,5,8-11,16H2,1-3H3. The van der Waals surface area contributed by atoms with Gasteiger partial charge in [-0.2, -0.15) is 0 Å². The summed E-state index contributed by atoms with van der Waals surface area (Å²) in [5.41, 5.74) is 7.74. The van der Waals surface area contributed by atoms with Crippen LogP contribution < -0.4 is 10.6 Å². The molecule has 1 rings (SSSR count). The second kappa shape index (κ2) is 9.20. The van der Waals surface area contributed by atoms with E-state index in [0.29, 0.717) is 31.0 Å². The lowest BCUT2D eigenvalue weighted by Gasteiger charge is -2.26. The van der Waals surface area contributed by atoms with Gasteiger partial charge in [-0.1, -0.05) is 6.07 Å². The number of ether oxygens (including phenoxy) is 3. The Morgan fingerprint density at radius 3 is 2.48 bits per heavy atom. The van der Waals surface area contributed by atoms with Gasteiger partial charge < -0.3 is 24.8 Å². The Hall–Kier alpha value is -1.79. The summed E-state index contributed by atoms with van der Waals surface area (Å²) in [4.78, 5) is 13.8. The molecule has 0 radical (unpaired) electrons. The van der Waals surface area contributed by atoms with Crippen LogP contribution in [0.4, 0.5) is 11.4 Å². The fourth-order valence-corrected chi connectivity index (χ4v) is 2.07. The van der Waals surface area contributed by atoms with E-state index in [1.807, 2.05) is 6.07 Å². The number of methoxy groups -OCH3 is 3. The van der Waals surface area contributed by atoms with Gasteiger partial charge in [-0.15, -0.1) is 0 Å². The number of hydrogen-bond acceptors (Lipinski definition) is 6. The summed E-state index contributed by atoms with van der Waals surface area (Å²) in [6.07, 6.45) is 0.863. The number of rotatable bonds is 9. The van der Waals surface area contributed by atoms with Crippen LogP contribution >= 0.6 is 0 Å². The number of anilines is 2. The highest BCUT2D eigenvalue weighted by molar-refractivity contribution is 5.98. The molecule has 1 aromatic rings. The van der Waals surface area contributed by atoms with Crippen molar-refractivity contribution in [1.29, 1.82) is 0 Å². The highest BCUT2D eigenvalue weighted by atomic mass is 16.5. The van der Waals surface area contributed by atoms with Crippen molar-refractivity contribution in [3.8, 4) is 0 Å². The average Bonchev–Trinajstić information content (AvgIpc) is 2.50. The third kappa shape index (κ3) is 4.91. The van der Waals surface area contributed by atoms with Gasteiger partial charge in [-0.3, -0.25) is 0 Å². The summed E-state index contributed by atoms with van der Waals surface area (Å²) in [5, 5.41) is 0. The number of carbonyl (C=O) groups excluding carboxylic acids is 1. The van der Waals surface area contributed by atoms with Crippen molar-refractivity contribution >= 4 is 17.3 Å². The van der Waals surface area contributed by atoms with E-state index in [0.717, 1.165) is 18.7 Å². The maximum Gasteiger partial charge on any atom is 0.340 e. The first kappa shape index (κ1) is 17.3. The number of nitrogens with zero attached hydrogens (tertiary/aromatic N) is 1. The SMILES string of the molecule is COCCCN(CCOC)c1cccc(C(=O)OC)c1N. The second-order valence-corrected chi connectivity index (χ2v) is 4.56. The Labute approximate surface area is 125 Å². The summed E-state index contributed by atoms with van der Waals surface area (Å²) in [6.45, 7) is 2.70. The lowest BCUT2D eigenvalue weighted by molar-refractivity contribution is 0.0602. The molecule has 0 aliphatic rings. The van der Waals surface area contributed by atoms with Gasteiger partial charge in [-0.05, 0) is 18.6 Å². The molecule has 118 valence electrons. The molecular formula is C15H24N2O4. The highest BCUT2D eigenvalue weighted by Crippen LogP contribution is 2.27. The summed E-state index contributed by atoms with van der Waals surface area (Å²) >= 11 is 0. The molecule has 0 saturated carbocycles. The van der Waals surface area contributed by atoms with Crippen LogP contribution in [0.3, 0.4) is 0 Å². The predicted octanol–water partition coefficient (Wildman–Crippen LogP) is 1.54. The van der Waals surface area contributed by atoms with Gasteiger partial charge in [0.1, 0.15) is 0 Å². The Morgan fingerprint density at radius 1 is 1.14 bits per heavy atom. The fourth-order valence-electron chi connectivity index (χ4n) is 2.07. The van der Waals surface area contributed by atoms with Crippen LogP contribution in [0.25, 0.3) is 0 Å². The lowest BCUT2D eigenvalue weighted by Crippen LogP contribution is -2.30. The summed E-state index contributed by atoms with van der Waals surface area (Å²) in [7, 11) is 4.67. The minimum absolute atomic E-state index is 0.379. The molecule has 21 heavy (non-hydrogen) atoms. The predicted molar refractivity (Wildman–Crippen MR) is 82.8 cm³/mol. The summed E-state index contributed by atoms with van der Waals surface area (Å²) in [6, 6.07) is 5.35. The topological polar surface area (TPSA) is 74.0 Å². The third-order valence-corrected chi connectivity index (χ3v) is 3.17. The van der Waals surface area contributed by atoms with Gasteiger partial charge in [0.15, 0.2) is 0 Å². The molecule has 2 N–H and O–H groups in total. The number of nitrogen functional groups attached to an aromatic ring is 1. The molecule has 0 heterocycles. The number of hydrogen-bond donors (Lipinski definition) is 1. The van der Waals surface area contributed by atoms with Crippen LogP contribution in [0.15, 0.2) is 18.2 Å². The Balaban J connectivity index is 2.97. The molecule has 6 heteroatoms. The van der Waals surface area contributed by atoms with Crippen molar-refractivity contribution < 1.29 is 19.0 Å². The van der Waals surface area contributed by atoms with Crippen molar-refractivity contribution in [3.63, 3.8) is 0 Å². The molecule has 0 aromatic heterocycles. The molecule has 0 unspecified atom stereocenters. The number of benzene rings is 1. The zero-order valence-corrected chi connectivity index (χ0v) is 12.9. The molecule has 0 aliphatic heterocycles. The van der Waals surface area contributed by atoms with Crippen LogP contribution in [0.2, 0.25) is 0 Å². The minimum Gasteiger partial charge on any atom is -0.465 e. The van der Waals surface area contributed by atoms with E-state index in [4.69, 9.17) is 19.9 Å². The molecule has 0 aliphatic carbocycles. The van der Waals surface area contributed by atoms with Crippen molar-refractivity contribution in [2.45, 2.75) is 6.42 Å². The highest BCUT2D eigenvalue weighted by Gasteiger charge is 2.16. The van der Waals surface area contributed by atoms with Crippen LogP contribution in [0, 0.1) is 0 Å². The molecule has 1 aromatic carbocycles. The maximum atomic E-state index is 11.7. The molecular weight excluding hydrogens is 272 g/mol. The summed E-state index contributed by atoms with van der Waals surface area (Å²) < 4.78 is 15.0. The van der Waals surface area contributed by atoms with E-state index < -0.39 is 5.97 Å². The minimum atomic E-state index is -0.432. The first-order valence-electron chi connectivity index (χ1n) is 6.85. The van der Waals surface area contributed by atoms with E-state index in [9.17, 15) is 4.79 Å². The first-order valence-corrected chi connectivity index (χ1v) is 6.85. The van der Waals surface area contributed by atoms with Crippen molar-refractivity contribution in [3.05, 3.63) is 23.8 Å². The van der Waals surface area contributed by atoms with E-state index in [1.54, 1.807) is 26.4 Å². The second-order valence-electron chi connectivity index (χ2n) is 4.56. The zero-order chi connectivity index (χ0) is 15.7. The average molecular weight is 296 g/mol. The molecule has 0 amide bonds. The normalized spacial score (nSPS) is 10.4. The van der Waals surface area contributed by atoms with Crippen LogP contribution in [0.5, 0.6) is 0 Å². The van der Waals surface area contributed by atoms with E-state index in [-0.39, 0.29) is 0 Å². The van der Waals surface area contributed by atoms with E-state index in [2.05, 4.69) is 4.90 Å². The third-order valence-electron chi connectivity index (χ3n) is 3.17. The maximum absolute atomic E-state index is 11.7. The van der Waals surface area contributed by atoms with Gasteiger partial charge in [0, 0.05) is 33.9 Å². The Morgan fingerprint density at radius 2 is 1.86 bits per heavy atom. The summed E-state index contributed by atoms with van der Waals surface area (Å²) in [5.74, 6) is -0.432. The Bertz CT molecular complexity index is 451. The van der Waals surface area contributed by atoms with Crippen LogP contribution in [-0.4, -0.2) is 53.6 Å². The molecule has 0 bridgehead atoms. The van der Waals surface area contributed by atoms with Gasteiger partial charge in [0.2, 0.25) is 0 Å². The van der Waals surface area contributed by atoms with E-state index >= 15 is 0 Å². The van der Waals surface area contributed by atoms with Gasteiger partial charge >= 0.3 is 5.97 Å². The Kier molecular flexibility index (Phi) is 7.56.